The van der Waals surface area contributed by atoms with E-state index in [4.69, 9.17) is 4.42 Å². The first-order chi connectivity index (χ1) is 11.0. The van der Waals surface area contributed by atoms with Gasteiger partial charge in [0.15, 0.2) is 0 Å². The highest BCUT2D eigenvalue weighted by Crippen LogP contribution is 2.33. The Morgan fingerprint density at radius 1 is 1.35 bits per heavy atom. The van der Waals surface area contributed by atoms with E-state index in [-0.39, 0.29) is 23.3 Å². The molecule has 0 spiro atoms. The molecule has 1 aliphatic rings. The van der Waals surface area contributed by atoms with Crippen molar-refractivity contribution in [3.05, 3.63) is 63.7 Å². The number of hydrogen-bond donors (Lipinski definition) is 1. The molecule has 6 heteroatoms. The van der Waals surface area contributed by atoms with Gasteiger partial charge in [-0.3, -0.25) is 4.79 Å². The van der Waals surface area contributed by atoms with Crippen LogP contribution in [0.1, 0.15) is 36.3 Å². The highest BCUT2D eigenvalue weighted by Gasteiger charge is 2.33. The second kappa shape index (κ2) is 5.72. The minimum Gasteiger partial charge on any atom is -0.507 e. The lowest BCUT2D eigenvalue weighted by Crippen LogP contribution is -2.24. The van der Waals surface area contributed by atoms with Gasteiger partial charge in [-0.25, -0.2) is 9.80 Å². The maximum absolute atomic E-state index is 12.1. The molecule has 118 valence electrons. The molecule has 1 aliphatic heterocycles. The van der Waals surface area contributed by atoms with Crippen LogP contribution in [0, 0.1) is 6.92 Å². The summed E-state index contributed by atoms with van der Waals surface area (Å²) in [6.07, 6.45) is 0.338. The Labute approximate surface area is 132 Å². The van der Waals surface area contributed by atoms with Crippen LogP contribution in [0.5, 0.6) is 5.75 Å². The maximum Gasteiger partial charge on any atom is 0.348 e. The second-order valence-corrected chi connectivity index (χ2v) is 5.45. The Morgan fingerprint density at radius 2 is 2.04 bits per heavy atom. The van der Waals surface area contributed by atoms with E-state index in [9.17, 15) is 14.7 Å². The summed E-state index contributed by atoms with van der Waals surface area (Å²) in [4.78, 5) is 23.9. The highest BCUT2D eigenvalue weighted by atomic mass is 16.4. The molecule has 0 radical (unpaired) electrons. The van der Waals surface area contributed by atoms with Gasteiger partial charge < -0.3 is 9.52 Å². The van der Waals surface area contributed by atoms with Crippen LogP contribution in [0.4, 0.5) is 0 Å². The van der Waals surface area contributed by atoms with Gasteiger partial charge in [0.05, 0.1) is 11.8 Å². The fourth-order valence-corrected chi connectivity index (χ4v) is 2.75. The first-order valence-electron chi connectivity index (χ1n) is 7.23. The number of aromatic hydroxyl groups is 1. The summed E-state index contributed by atoms with van der Waals surface area (Å²) < 4.78 is 5.04. The van der Waals surface area contributed by atoms with Crippen LogP contribution >= 0.6 is 0 Å². The molecular formula is C17H16N2O4. The van der Waals surface area contributed by atoms with Gasteiger partial charge in [-0.15, -0.1) is 0 Å². The zero-order valence-corrected chi connectivity index (χ0v) is 12.8. The highest BCUT2D eigenvalue weighted by molar-refractivity contribution is 6.04. The van der Waals surface area contributed by atoms with Crippen molar-refractivity contribution >= 4 is 11.6 Å². The molecule has 3 rings (SSSR count). The quantitative estimate of drug-likeness (QED) is 0.922. The zero-order valence-electron chi connectivity index (χ0n) is 12.8. The largest absolute Gasteiger partial charge is 0.507 e. The third kappa shape index (κ3) is 2.75. The minimum absolute atomic E-state index is 0.0141. The van der Waals surface area contributed by atoms with Crippen molar-refractivity contribution in [2.45, 2.75) is 26.3 Å². The van der Waals surface area contributed by atoms with Crippen molar-refractivity contribution in [2.75, 3.05) is 0 Å². The van der Waals surface area contributed by atoms with Gasteiger partial charge in [0.25, 0.3) is 0 Å². The zero-order chi connectivity index (χ0) is 16.6. The Morgan fingerprint density at radius 3 is 2.65 bits per heavy atom. The number of amides is 1. The monoisotopic (exact) mass is 312 g/mol. The third-order valence-electron chi connectivity index (χ3n) is 3.76. The molecular weight excluding hydrogens is 296 g/mol. The Hall–Kier alpha value is -2.89. The van der Waals surface area contributed by atoms with Crippen LogP contribution < -0.4 is 5.63 Å². The Balaban J connectivity index is 2.05. The maximum atomic E-state index is 12.1. The fourth-order valence-electron chi connectivity index (χ4n) is 2.75. The number of hydrogen-bond acceptors (Lipinski definition) is 5. The van der Waals surface area contributed by atoms with Gasteiger partial charge in [0.2, 0.25) is 5.91 Å². The van der Waals surface area contributed by atoms with E-state index in [1.54, 1.807) is 6.92 Å². The van der Waals surface area contributed by atoms with Crippen molar-refractivity contribution in [3.63, 3.8) is 0 Å². The average Bonchev–Trinajstić information content (AvgIpc) is 2.92. The average molecular weight is 312 g/mol. The molecule has 0 saturated carbocycles. The number of aryl methyl sites for hydroxylation is 1. The van der Waals surface area contributed by atoms with Gasteiger partial charge in [-0.05, 0) is 12.5 Å². The summed E-state index contributed by atoms with van der Waals surface area (Å²) in [5.41, 5.74) is 0.622. The second-order valence-electron chi connectivity index (χ2n) is 5.45. The standard InChI is InChI=1S/C17H16N2O4/c1-10-8-15(21)16(17(22)23-10)13-9-14(19(18-13)11(2)20)12-6-4-3-5-7-12/h3-8,14,21H,9H2,1-2H3/t14-/m1/s1. The topological polar surface area (TPSA) is 83.1 Å². The molecule has 23 heavy (non-hydrogen) atoms. The molecule has 1 aromatic heterocycles. The molecule has 2 aromatic rings. The molecule has 6 nitrogen and oxygen atoms in total. The van der Waals surface area contributed by atoms with Crippen molar-refractivity contribution in [2.24, 2.45) is 5.10 Å². The lowest BCUT2D eigenvalue weighted by Gasteiger charge is -2.20. The van der Waals surface area contributed by atoms with Crippen molar-refractivity contribution < 1.29 is 14.3 Å². The molecule has 1 amide bonds. The molecule has 0 fully saturated rings. The number of rotatable bonds is 2. The number of carbonyl (C=O) groups excluding carboxylic acids is 1. The molecule has 1 atom stereocenters. The number of hydrazone groups is 1. The normalized spacial score (nSPS) is 17.2. The first kappa shape index (κ1) is 15.0. The molecule has 0 saturated heterocycles. The Bertz CT molecular complexity index is 839. The molecule has 2 heterocycles. The molecule has 0 bridgehead atoms. The van der Waals surface area contributed by atoms with Crippen LogP contribution in [-0.4, -0.2) is 21.7 Å². The summed E-state index contributed by atoms with van der Waals surface area (Å²) in [7, 11) is 0. The van der Waals surface area contributed by atoms with E-state index in [1.807, 2.05) is 30.3 Å². The van der Waals surface area contributed by atoms with Crippen LogP contribution in [0.2, 0.25) is 0 Å². The summed E-state index contributed by atoms with van der Waals surface area (Å²) in [6, 6.07) is 10.5. The van der Waals surface area contributed by atoms with Crippen molar-refractivity contribution in [1.29, 1.82) is 0 Å². The van der Waals surface area contributed by atoms with Crippen LogP contribution in [0.25, 0.3) is 0 Å². The van der Waals surface area contributed by atoms with Crippen LogP contribution in [0.15, 0.2) is 50.7 Å². The number of nitrogens with zero attached hydrogens (tertiary/aromatic N) is 2. The summed E-state index contributed by atoms with van der Waals surface area (Å²) in [5.74, 6) is -0.0996. The fraction of sp³-hybridized carbons (Fsp3) is 0.235. The number of carbonyl (C=O) groups is 1. The van der Waals surface area contributed by atoms with E-state index in [0.717, 1.165) is 5.56 Å². The van der Waals surface area contributed by atoms with E-state index in [1.165, 1.54) is 18.0 Å². The van der Waals surface area contributed by atoms with Crippen molar-refractivity contribution in [1.82, 2.24) is 5.01 Å². The van der Waals surface area contributed by atoms with Gasteiger partial charge in [-0.1, -0.05) is 30.3 Å². The first-order valence-corrected chi connectivity index (χ1v) is 7.23. The molecule has 0 unspecified atom stereocenters. The van der Waals surface area contributed by atoms with Crippen molar-refractivity contribution in [3.8, 4) is 5.75 Å². The van der Waals surface area contributed by atoms with Gasteiger partial charge in [0.1, 0.15) is 17.1 Å². The van der Waals surface area contributed by atoms with E-state index >= 15 is 0 Å². The van der Waals surface area contributed by atoms with E-state index < -0.39 is 5.63 Å². The lowest BCUT2D eigenvalue weighted by atomic mass is 9.99. The van der Waals surface area contributed by atoms with E-state index in [2.05, 4.69) is 5.10 Å². The molecule has 0 aliphatic carbocycles. The molecule has 1 N–H and O–H groups in total. The smallest absolute Gasteiger partial charge is 0.348 e. The van der Waals surface area contributed by atoms with Gasteiger partial charge in [-0.2, -0.15) is 5.10 Å². The summed E-state index contributed by atoms with van der Waals surface area (Å²) in [5, 5.41) is 15.7. The minimum atomic E-state index is -0.654. The molecule has 1 aromatic carbocycles. The predicted molar refractivity (Wildman–Crippen MR) is 84.2 cm³/mol. The summed E-state index contributed by atoms with van der Waals surface area (Å²) >= 11 is 0. The van der Waals surface area contributed by atoms with Gasteiger partial charge >= 0.3 is 5.63 Å². The SMILES string of the molecule is CC(=O)N1N=C(c2c(O)cc(C)oc2=O)C[C@@H]1c1ccccc1. The third-order valence-corrected chi connectivity index (χ3v) is 3.76. The Kier molecular flexibility index (Phi) is 3.73. The van der Waals surface area contributed by atoms with Gasteiger partial charge in [0, 0.05) is 19.4 Å². The lowest BCUT2D eigenvalue weighted by molar-refractivity contribution is -0.130. The van der Waals surface area contributed by atoms with E-state index in [0.29, 0.717) is 17.9 Å². The number of benzene rings is 1. The predicted octanol–water partition coefficient (Wildman–Crippen LogP) is 2.35. The van der Waals surface area contributed by atoms with Crippen LogP contribution in [-0.2, 0) is 4.79 Å². The summed E-state index contributed by atoms with van der Waals surface area (Å²) in [6.45, 7) is 3.00. The van der Waals surface area contributed by atoms with Crippen LogP contribution in [0.3, 0.4) is 0 Å².